The summed E-state index contributed by atoms with van der Waals surface area (Å²) in [5.41, 5.74) is 2.51. The molecule has 1 aromatic carbocycles. The van der Waals surface area contributed by atoms with Crippen molar-refractivity contribution in [2.45, 2.75) is 20.1 Å². The van der Waals surface area contributed by atoms with Crippen LogP contribution in [0, 0.1) is 6.92 Å². The van der Waals surface area contributed by atoms with E-state index in [1.165, 1.54) is 20.9 Å². The first-order chi connectivity index (χ1) is 9.79. The van der Waals surface area contributed by atoms with E-state index in [4.69, 9.17) is 4.74 Å². The summed E-state index contributed by atoms with van der Waals surface area (Å²) < 4.78 is 5.71. The van der Waals surface area contributed by atoms with Crippen molar-refractivity contribution in [3.05, 3.63) is 63.4 Å². The Morgan fingerprint density at radius 1 is 1.25 bits per heavy atom. The Kier molecular flexibility index (Phi) is 5.99. The average Bonchev–Trinajstić information content (AvgIpc) is 2.80. The van der Waals surface area contributed by atoms with Crippen molar-refractivity contribution in [3.8, 4) is 0 Å². The third-order valence-electron chi connectivity index (χ3n) is 3.00. The number of thiophene rings is 1. The molecule has 1 aromatic heterocycles. The maximum absolute atomic E-state index is 5.71. The maximum atomic E-state index is 5.71. The van der Waals surface area contributed by atoms with E-state index in [0.717, 1.165) is 6.54 Å². The van der Waals surface area contributed by atoms with Crippen molar-refractivity contribution in [3.63, 3.8) is 0 Å². The molecule has 0 radical (unpaired) electrons. The highest BCUT2D eigenvalue weighted by Crippen LogP contribution is 2.22. The van der Waals surface area contributed by atoms with Gasteiger partial charge in [-0.3, -0.25) is 0 Å². The van der Waals surface area contributed by atoms with Crippen LogP contribution in [0.4, 0.5) is 0 Å². The number of aryl methyl sites for hydroxylation is 1. The van der Waals surface area contributed by atoms with Crippen LogP contribution < -0.4 is 5.32 Å². The van der Waals surface area contributed by atoms with Crippen molar-refractivity contribution in [1.82, 2.24) is 5.32 Å². The fourth-order valence-corrected chi connectivity index (χ4v) is 3.04. The third kappa shape index (κ3) is 4.60. The molecule has 0 aliphatic rings. The highest BCUT2D eigenvalue weighted by atomic mass is 32.1. The van der Waals surface area contributed by atoms with Crippen molar-refractivity contribution in [2.24, 2.45) is 0 Å². The van der Waals surface area contributed by atoms with Crippen molar-refractivity contribution >= 4 is 17.4 Å². The summed E-state index contributed by atoms with van der Waals surface area (Å²) in [6.07, 6.45) is 4.15. The van der Waals surface area contributed by atoms with Gasteiger partial charge in [-0.25, -0.2) is 0 Å². The van der Waals surface area contributed by atoms with Gasteiger partial charge in [-0.05, 0) is 31.2 Å². The molecule has 0 amide bonds. The molecule has 0 atom stereocenters. The second-order valence-corrected chi connectivity index (χ2v) is 5.99. The molecule has 1 heterocycles. The molecular formula is C17H21NOS. The Morgan fingerprint density at radius 2 is 2.05 bits per heavy atom. The summed E-state index contributed by atoms with van der Waals surface area (Å²) in [5.74, 6) is 0. The van der Waals surface area contributed by atoms with Gasteiger partial charge >= 0.3 is 0 Å². The van der Waals surface area contributed by atoms with Crippen LogP contribution in [0.1, 0.15) is 20.9 Å². The zero-order valence-corrected chi connectivity index (χ0v) is 12.9. The number of nitrogens with one attached hydrogen (secondary N) is 1. The van der Waals surface area contributed by atoms with Crippen LogP contribution in [-0.2, 0) is 17.9 Å². The lowest BCUT2D eigenvalue weighted by molar-refractivity contribution is 0.149. The fraction of sp³-hybridized carbons (Fsp3) is 0.294. The van der Waals surface area contributed by atoms with Crippen LogP contribution in [0.15, 0.2) is 42.5 Å². The second-order valence-electron chi connectivity index (χ2n) is 4.65. The molecule has 0 saturated heterocycles. The van der Waals surface area contributed by atoms with E-state index < -0.39 is 0 Å². The Hall–Kier alpha value is -1.42. The van der Waals surface area contributed by atoms with Crippen LogP contribution in [0.2, 0.25) is 0 Å². The first-order valence-electron chi connectivity index (χ1n) is 6.81. The summed E-state index contributed by atoms with van der Waals surface area (Å²) >= 11 is 1.84. The van der Waals surface area contributed by atoms with E-state index in [0.29, 0.717) is 13.2 Å². The topological polar surface area (TPSA) is 21.3 Å². The summed E-state index contributed by atoms with van der Waals surface area (Å²) in [5, 5.41) is 3.18. The van der Waals surface area contributed by atoms with Crippen molar-refractivity contribution < 1.29 is 4.74 Å². The van der Waals surface area contributed by atoms with E-state index in [9.17, 15) is 0 Å². The summed E-state index contributed by atoms with van der Waals surface area (Å²) in [4.78, 5) is 2.71. The van der Waals surface area contributed by atoms with Gasteiger partial charge in [0.15, 0.2) is 0 Å². The van der Waals surface area contributed by atoms with Gasteiger partial charge in [-0.15, -0.1) is 11.3 Å². The van der Waals surface area contributed by atoms with Gasteiger partial charge in [0.2, 0.25) is 0 Å². The second kappa shape index (κ2) is 8.00. The molecule has 2 nitrogen and oxygen atoms in total. The fourth-order valence-electron chi connectivity index (χ4n) is 1.98. The van der Waals surface area contributed by atoms with Crippen LogP contribution in [0.5, 0.6) is 0 Å². The molecule has 3 heteroatoms. The summed E-state index contributed by atoms with van der Waals surface area (Å²) in [6.45, 7) is 4.42. The van der Waals surface area contributed by atoms with Crippen molar-refractivity contribution in [1.29, 1.82) is 0 Å². The minimum absolute atomic E-state index is 0.644. The van der Waals surface area contributed by atoms with Gasteiger partial charge in [-0.2, -0.15) is 0 Å². The molecule has 0 aliphatic carbocycles. The first-order valence-corrected chi connectivity index (χ1v) is 7.63. The molecule has 1 N–H and O–H groups in total. The average molecular weight is 287 g/mol. The Balaban J connectivity index is 1.77. The molecule has 0 bridgehead atoms. The number of ether oxygens (including phenoxy) is 1. The van der Waals surface area contributed by atoms with E-state index in [1.54, 1.807) is 0 Å². The van der Waals surface area contributed by atoms with E-state index in [1.807, 2.05) is 36.6 Å². The molecule has 2 rings (SSSR count). The molecule has 0 fully saturated rings. The number of benzene rings is 1. The molecule has 0 aliphatic heterocycles. The highest BCUT2D eigenvalue weighted by molar-refractivity contribution is 7.12. The standard InChI is InChI=1S/C17H21NOS/c1-14-16(11-17(20-14)12-18-2)13-19-10-6-9-15-7-4-3-5-8-15/h3-9,11,18H,10,12-13H2,1-2H3/b9-6+. The number of hydrogen-bond donors (Lipinski definition) is 1. The first kappa shape index (κ1) is 15.0. The largest absolute Gasteiger partial charge is 0.373 e. The molecule has 20 heavy (non-hydrogen) atoms. The predicted octanol–water partition coefficient (Wildman–Crippen LogP) is 4.01. The minimum atomic E-state index is 0.644. The molecule has 106 valence electrons. The van der Waals surface area contributed by atoms with Crippen LogP contribution in [0.3, 0.4) is 0 Å². The van der Waals surface area contributed by atoms with E-state index >= 15 is 0 Å². The maximum Gasteiger partial charge on any atom is 0.0731 e. The Bertz CT molecular complexity index is 545. The van der Waals surface area contributed by atoms with Crippen LogP contribution in [-0.4, -0.2) is 13.7 Å². The molecular weight excluding hydrogens is 266 g/mol. The van der Waals surface area contributed by atoms with Gasteiger partial charge in [0.1, 0.15) is 0 Å². The quantitative estimate of drug-likeness (QED) is 0.777. The smallest absolute Gasteiger partial charge is 0.0731 e. The minimum Gasteiger partial charge on any atom is -0.373 e. The lowest BCUT2D eigenvalue weighted by Crippen LogP contribution is -2.02. The van der Waals surface area contributed by atoms with E-state index in [2.05, 4.69) is 42.6 Å². The van der Waals surface area contributed by atoms with Crippen LogP contribution in [0.25, 0.3) is 6.08 Å². The molecule has 0 spiro atoms. The molecule has 0 unspecified atom stereocenters. The van der Waals surface area contributed by atoms with Gasteiger partial charge in [-0.1, -0.05) is 42.5 Å². The Morgan fingerprint density at radius 3 is 2.80 bits per heavy atom. The number of hydrogen-bond acceptors (Lipinski definition) is 3. The SMILES string of the molecule is CNCc1cc(COC/C=C/c2ccccc2)c(C)s1. The Labute approximate surface area is 125 Å². The summed E-state index contributed by atoms with van der Waals surface area (Å²) in [7, 11) is 1.97. The zero-order chi connectivity index (χ0) is 14.2. The lowest BCUT2D eigenvalue weighted by Gasteiger charge is -2.00. The van der Waals surface area contributed by atoms with E-state index in [-0.39, 0.29) is 0 Å². The molecule has 0 saturated carbocycles. The van der Waals surface area contributed by atoms with Gasteiger partial charge in [0.25, 0.3) is 0 Å². The van der Waals surface area contributed by atoms with Gasteiger partial charge in [0, 0.05) is 16.3 Å². The van der Waals surface area contributed by atoms with Crippen LogP contribution >= 0.6 is 11.3 Å². The molecule has 2 aromatic rings. The monoisotopic (exact) mass is 287 g/mol. The highest BCUT2D eigenvalue weighted by Gasteiger charge is 2.04. The summed E-state index contributed by atoms with van der Waals surface area (Å²) in [6, 6.07) is 12.5. The predicted molar refractivity (Wildman–Crippen MR) is 87.0 cm³/mol. The number of rotatable bonds is 7. The third-order valence-corrected chi connectivity index (χ3v) is 4.10. The normalized spacial score (nSPS) is 11.3. The zero-order valence-electron chi connectivity index (χ0n) is 12.1. The van der Waals surface area contributed by atoms with Crippen molar-refractivity contribution in [2.75, 3.05) is 13.7 Å². The lowest BCUT2D eigenvalue weighted by atomic mass is 10.2. The van der Waals surface area contributed by atoms with Gasteiger partial charge < -0.3 is 10.1 Å². The van der Waals surface area contributed by atoms with Gasteiger partial charge in [0.05, 0.1) is 13.2 Å².